The van der Waals surface area contributed by atoms with Crippen LogP contribution in [0.15, 0.2) is 47.8 Å². The molecule has 140 valence electrons. The lowest BCUT2D eigenvalue weighted by Gasteiger charge is -2.09. The first kappa shape index (κ1) is 18.7. The molecule has 1 amide bonds. The van der Waals surface area contributed by atoms with Crippen molar-refractivity contribution in [2.75, 3.05) is 26.1 Å². The molecule has 1 aromatic heterocycles. The summed E-state index contributed by atoms with van der Waals surface area (Å²) in [7, 11) is 3.08. The minimum Gasteiger partial charge on any atom is -0.493 e. The Morgan fingerprint density at radius 1 is 1.07 bits per heavy atom. The van der Waals surface area contributed by atoms with Crippen molar-refractivity contribution in [2.24, 2.45) is 0 Å². The maximum atomic E-state index is 12.5. The molecule has 0 spiro atoms. The number of nitrogens with zero attached hydrogens (tertiary/aromatic N) is 1. The number of methoxy groups -OCH3 is 2. The highest BCUT2D eigenvalue weighted by Gasteiger charge is 2.14. The summed E-state index contributed by atoms with van der Waals surface area (Å²) in [5, 5.41) is 5.22. The minimum atomic E-state index is -0.269. The van der Waals surface area contributed by atoms with Gasteiger partial charge < -0.3 is 14.2 Å². The summed E-state index contributed by atoms with van der Waals surface area (Å²) >= 11 is 1.36. The zero-order valence-electron chi connectivity index (χ0n) is 15.3. The Morgan fingerprint density at radius 2 is 1.85 bits per heavy atom. The molecule has 1 heterocycles. The number of para-hydroxylation sites is 1. The molecule has 0 aliphatic heterocycles. The van der Waals surface area contributed by atoms with Crippen LogP contribution in [0.1, 0.15) is 17.3 Å². The molecule has 0 bridgehead atoms. The van der Waals surface area contributed by atoms with Gasteiger partial charge in [-0.05, 0) is 37.3 Å². The molecule has 6 nitrogen and oxygen atoms in total. The summed E-state index contributed by atoms with van der Waals surface area (Å²) < 4.78 is 16.1. The molecule has 3 rings (SSSR count). The van der Waals surface area contributed by atoms with Crippen molar-refractivity contribution in [3.05, 3.63) is 53.4 Å². The molecular weight excluding hydrogens is 364 g/mol. The fraction of sp³-hybridized carbons (Fsp3) is 0.200. The highest BCUT2D eigenvalue weighted by atomic mass is 32.1. The lowest BCUT2D eigenvalue weighted by molar-refractivity contribution is 0.102. The second kappa shape index (κ2) is 8.55. The second-order valence-corrected chi connectivity index (χ2v) is 6.35. The van der Waals surface area contributed by atoms with E-state index in [2.05, 4.69) is 10.3 Å². The minimum absolute atomic E-state index is 0.269. The lowest BCUT2D eigenvalue weighted by atomic mass is 10.1. The number of aromatic nitrogens is 1. The molecule has 0 aliphatic rings. The molecular formula is C20H20N2O4S. The van der Waals surface area contributed by atoms with Gasteiger partial charge in [0.2, 0.25) is 0 Å². The Morgan fingerprint density at radius 3 is 2.59 bits per heavy atom. The van der Waals surface area contributed by atoms with E-state index in [0.717, 1.165) is 17.0 Å². The summed E-state index contributed by atoms with van der Waals surface area (Å²) in [5.74, 6) is 1.56. The fourth-order valence-electron chi connectivity index (χ4n) is 2.56. The van der Waals surface area contributed by atoms with Gasteiger partial charge in [0.1, 0.15) is 5.75 Å². The molecule has 1 N–H and O–H groups in total. The lowest BCUT2D eigenvalue weighted by Crippen LogP contribution is -2.12. The normalized spacial score (nSPS) is 10.3. The Kier molecular flexibility index (Phi) is 5.93. The van der Waals surface area contributed by atoms with Crippen LogP contribution in [-0.4, -0.2) is 31.7 Å². The Labute approximate surface area is 161 Å². The van der Waals surface area contributed by atoms with E-state index in [-0.39, 0.29) is 5.91 Å². The molecule has 27 heavy (non-hydrogen) atoms. The van der Waals surface area contributed by atoms with Crippen molar-refractivity contribution in [1.29, 1.82) is 0 Å². The number of amides is 1. The number of rotatable bonds is 7. The topological polar surface area (TPSA) is 69.7 Å². The van der Waals surface area contributed by atoms with Gasteiger partial charge in [-0.3, -0.25) is 10.1 Å². The molecule has 0 saturated heterocycles. The fourth-order valence-corrected chi connectivity index (χ4v) is 3.27. The van der Waals surface area contributed by atoms with E-state index >= 15 is 0 Å². The predicted octanol–water partition coefficient (Wildman–Crippen LogP) is 4.48. The van der Waals surface area contributed by atoms with Crippen LogP contribution in [0, 0.1) is 0 Å². The zero-order valence-corrected chi connectivity index (χ0v) is 16.1. The number of carbonyl (C=O) groups excluding carboxylic acids is 1. The quantitative estimate of drug-likeness (QED) is 0.650. The average molecular weight is 384 g/mol. The molecule has 0 atom stereocenters. The summed E-state index contributed by atoms with van der Waals surface area (Å²) in [6, 6.07) is 12.7. The van der Waals surface area contributed by atoms with E-state index in [4.69, 9.17) is 14.2 Å². The van der Waals surface area contributed by atoms with Gasteiger partial charge in [0.05, 0.1) is 26.5 Å². The third kappa shape index (κ3) is 4.20. The Hall–Kier alpha value is -3.06. The maximum absolute atomic E-state index is 12.5. The molecule has 2 aromatic carbocycles. The van der Waals surface area contributed by atoms with Gasteiger partial charge in [-0.25, -0.2) is 4.98 Å². The van der Waals surface area contributed by atoms with Gasteiger partial charge in [0.15, 0.2) is 16.6 Å². The van der Waals surface area contributed by atoms with E-state index < -0.39 is 0 Å². The standard InChI is InChI=1S/C20H20N2O4S/c1-4-26-16-8-6-5-7-14(16)15-12-27-20(21-15)22-19(23)13-9-10-17(24-2)18(11-13)25-3/h5-12H,4H2,1-3H3,(H,21,22,23). The number of benzene rings is 2. The number of ether oxygens (including phenoxy) is 3. The molecule has 0 fully saturated rings. The van der Waals surface area contributed by atoms with Crippen LogP contribution in [0.4, 0.5) is 5.13 Å². The van der Waals surface area contributed by atoms with Crippen LogP contribution in [0.5, 0.6) is 17.2 Å². The van der Waals surface area contributed by atoms with Gasteiger partial charge in [-0.2, -0.15) is 0 Å². The van der Waals surface area contributed by atoms with Crippen molar-refractivity contribution in [2.45, 2.75) is 6.92 Å². The van der Waals surface area contributed by atoms with Crippen molar-refractivity contribution >= 4 is 22.4 Å². The number of anilines is 1. The van der Waals surface area contributed by atoms with E-state index in [9.17, 15) is 4.79 Å². The molecule has 0 unspecified atom stereocenters. The largest absolute Gasteiger partial charge is 0.493 e. The van der Waals surface area contributed by atoms with E-state index in [0.29, 0.717) is 28.8 Å². The molecule has 0 saturated carbocycles. The van der Waals surface area contributed by atoms with Crippen LogP contribution in [0.2, 0.25) is 0 Å². The molecule has 0 aliphatic carbocycles. The number of thiazole rings is 1. The van der Waals surface area contributed by atoms with Crippen LogP contribution in [0.25, 0.3) is 11.3 Å². The Bertz CT molecular complexity index is 939. The number of hydrogen-bond acceptors (Lipinski definition) is 6. The van der Waals surface area contributed by atoms with Gasteiger partial charge >= 0.3 is 0 Å². The van der Waals surface area contributed by atoms with Crippen molar-refractivity contribution in [3.8, 4) is 28.5 Å². The second-order valence-electron chi connectivity index (χ2n) is 5.49. The number of nitrogens with one attached hydrogen (secondary N) is 1. The van der Waals surface area contributed by atoms with Crippen LogP contribution in [-0.2, 0) is 0 Å². The summed E-state index contributed by atoms with van der Waals surface area (Å²) in [6.07, 6.45) is 0. The van der Waals surface area contributed by atoms with Crippen molar-refractivity contribution < 1.29 is 19.0 Å². The third-order valence-corrected chi connectivity index (χ3v) is 4.59. The first-order valence-corrected chi connectivity index (χ1v) is 9.25. The van der Waals surface area contributed by atoms with Crippen LogP contribution < -0.4 is 19.5 Å². The van der Waals surface area contributed by atoms with Gasteiger partial charge in [0, 0.05) is 16.5 Å². The predicted molar refractivity (Wildman–Crippen MR) is 106 cm³/mol. The number of carbonyl (C=O) groups is 1. The first-order chi connectivity index (χ1) is 13.2. The highest BCUT2D eigenvalue weighted by molar-refractivity contribution is 7.14. The monoisotopic (exact) mass is 384 g/mol. The molecule has 7 heteroatoms. The summed E-state index contributed by atoms with van der Waals surface area (Å²) in [5.41, 5.74) is 2.10. The first-order valence-electron chi connectivity index (χ1n) is 8.37. The van der Waals surface area contributed by atoms with Gasteiger partial charge in [-0.15, -0.1) is 11.3 Å². The molecule has 0 radical (unpaired) electrons. The Balaban J connectivity index is 1.79. The average Bonchev–Trinajstić information content (AvgIpc) is 3.16. The summed E-state index contributed by atoms with van der Waals surface area (Å²) in [6.45, 7) is 2.51. The third-order valence-electron chi connectivity index (χ3n) is 3.83. The van der Waals surface area contributed by atoms with Crippen molar-refractivity contribution in [3.63, 3.8) is 0 Å². The summed E-state index contributed by atoms with van der Waals surface area (Å²) in [4.78, 5) is 17.0. The maximum Gasteiger partial charge on any atom is 0.257 e. The molecule has 3 aromatic rings. The zero-order chi connectivity index (χ0) is 19.2. The van der Waals surface area contributed by atoms with Crippen molar-refractivity contribution in [1.82, 2.24) is 4.98 Å². The smallest absolute Gasteiger partial charge is 0.257 e. The van der Waals surface area contributed by atoms with E-state index in [1.165, 1.54) is 18.4 Å². The highest BCUT2D eigenvalue weighted by Crippen LogP contribution is 2.33. The van der Waals surface area contributed by atoms with Crippen LogP contribution >= 0.6 is 11.3 Å². The van der Waals surface area contributed by atoms with Crippen LogP contribution in [0.3, 0.4) is 0 Å². The SMILES string of the molecule is CCOc1ccccc1-c1csc(NC(=O)c2ccc(OC)c(OC)c2)n1. The van der Waals surface area contributed by atoms with E-state index in [1.54, 1.807) is 25.3 Å². The number of hydrogen-bond donors (Lipinski definition) is 1. The van der Waals surface area contributed by atoms with Gasteiger partial charge in [-0.1, -0.05) is 12.1 Å². The van der Waals surface area contributed by atoms with E-state index in [1.807, 2.05) is 36.6 Å². The van der Waals surface area contributed by atoms with Gasteiger partial charge in [0.25, 0.3) is 5.91 Å².